The van der Waals surface area contributed by atoms with Crippen molar-refractivity contribution in [1.29, 1.82) is 0 Å². The first-order chi connectivity index (χ1) is 7.15. The van der Waals surface area contributed by atoms with Gasteiger partial charge in [0, 0.05) is 18.2 Å². The summed E-state index contributed by atoms with van der Waals surface area (Å²) in [6.07, 6.45) is 0.686. The van der Waals surface area contributed by atoms with Crippen molar-refractivity contribution in [2.45, 2.75) is 32.4 Å². The Bertz CT molecular complexity index is 299. The van der Waals surface area contributed by atoms with Crippen LogP contribution in [0.15, 0.2) is 24.3 Å². The van der Waals surface area contributed by atoms with Gasteiger partial charge in [-0.2, -0.15) is 0 Å². The molecule has 0 amide bonds. The summed E-state index contributed by atoms with van der Waals surface area (Å²) in [6, 6.07) is 7.54. The molecule has 0 fully saturated rings. The summed E-state index contributed by atoms with van der Waals surface area (Å²) in [4.78, 5) is 0. The van der Waals surface area contributed by atoms with E-state index < -0.39 is 0 Å². The maximum absolute atomic E-state index is 8.85. The topological polar surface area (TPSA) is 55.5 Å². The van der Waals surface area contributed by atoms with Gasteiger partial charge < -0.3 is 15.6 Å². The summed E-state index contributed by atoms with van der Waals surface area (Å²) in [5.41, 5.74) is 6.90. The van der Waals surface area contributed by atoms with Crippen LogP contribution in [0.1, 0.15) is 31.9 Å². The number of aliphatic hydroxyl groups is 1. The van der Waals surface area contributed by atoms with Gasteiger partial charge in [0.15, 0.2) is 0 Å². The van der Waals surface area contributed by atoms with Gasteiger partial charge in [0.25, 0.3) is 0 Å². The van der Waals surface area contributed by atoms with Crippen LogP contribution in [0.4, 0.5) is 0 Å². The van der Waals surface area contributed by atoms with Gasteiger partial charge in [-0.05, 0) is 26.3 Å². The van der Waals surface area contributed by atoms with Crippen molar-refractivity contribution in [1.82, 2.24) is 0 Å². The maximum atomic E-state index is 8.85. The minimum atomic E-state index is -0.162. The third-order valence-electron chi connectivity index (χ3n) is 2.12. The number of rotatable bonds is 5. The number of para-hydroxylation sites is 1. The van der Waals surface area contributed by atoms with Crippen molar-refractivity contribution >= 4 is 0 Å². The van der Waals surface area contributed by atoms with E-state index in [0.29, 0.717) is 6.42 Å². The number of benzene rings is 1. The third kappa shape index (κ3) is 3.53. The lowest BCUT2D eigenvalue weighted by Crippen LogP contribution is -2.15. The second-order valence-corrected chi connectivity index (χ2v) is 3.82. The SMILES string of the molecule is CC(C)Oc1ccccc1[C@H](N)CCO. The molecule has 0 saturated heterocycles. The molecule has 0 aromatic heterocycles. The van der Waals surface area contributed by atoms with Crippen LogP contribution in [0.2, 0.25) is 0 Å². The molecule has 0 aliphatic rings. The first-order valence-corrected chi connectivity index (χ1v) is 5.27. The molecule has 3 heteroatoms. The zero-order valence-electron chi connectivity index (χ0n) is 9.31. The number of hydrogen-bond acceptors (Lipinski definition) is 3. The number of ether oxygens (including phenoxy) is 1. The lowest BCUT2D eigenvalue weighted by molar-refractivity contribution is 0.235. The smallest absolute Gasteiger partial charge is 0.124 e. The predicted octanol–water partition coefficient (Wildman–Crippen LogP) is 1.86. The van der Waals surface area contributed by atoms with E-state index in [-0.39, 0.29) is 18.8 Å². The van der Waals surface area contributed by atoms with Crippen molar-refractivity contribution in [3.8, 4) is 5.75 Å². The molecule has 3 N–H and O–H groups in total. The van der Waals surface area contributed by atoms with E-state index in [1.54, 1.807) is 0 Å². The highest BCUT2D eigenvalue weighted by atomic mass is 16.5. The quantitative estimate of drug-likeness (QED) is 0.778. The van der Waals surface area contributed by atoms with Gasteiger partial charge in [-0.1, -0.05) is 18.2 Å². The Morgan fingerprint density at radius 3 is 2.60 bits per heavy atom. The lowest BCUT2D eigenvalue weighted by Gasteiger charge is -2.17. The van der Waals surface area contributed by atoms with E-state index in [4.69, 9.17) is 15.6 Å². The molecule has 1 aromatic carbocycles. The Balaban J connectivity index is 2.85. The van der Waals surface area contributed by atoms with E-state index in [1.165, 1.54) is 0 Å². The van der Waals surface area contributed by atoms with Gasteiger partial charge in [0.05, 0.1) is 6.10 Å². The average Bonchev–Trinajstić information content (AvgIpc) is 2.18. The third-order valence-corrected chi connectivity index (χ3v) is 2.12. The monoisotopic (exact) mass is 209 g/mol. The minimum absolute atomic E-state index is 0.0944. The van der Waals surface area contributed by atoms with Crippen molar-refractivity contribution in [2.75, 3.05) is 6.61 Å². The molecule has 0 spiro atoms. The second-order valence-electron chi connectivity index (χ2n) is 3.82. The Morgan fingerprint density at radius 1 is 1.33 bits per heavy atom. The lowest BCUT2D eigenvalue weighted by atomic mass is 10.0. The van der Waals surface area contributed by atoms with Crippen LogP contribution in [0.5, 0.6) is 5.75 Å². The number of hydrogen-bond donors (Lipinski definition) is 2. The number of nitrogens with two attached hydrogens (primary N) is 1. The van der Waals surface area contributed by atoms with E-state index in [1.807, 2.05) is 38.1 Å². The zero-order valence-corrected chi connectivity index (χ0v) is 9.31. The molecule has 15 heavy (non-hydrogen) atoms. The molecule has 0 radical (unpaired) electrons. The van der Waals surface area contributed by atoms with Crippen LogP contribution in [0, 0.1) is 0 Å². The summed E-state index contributed by atoms with van der Waals surface area (Å²) in [5.74, 6) is 0.813. The molecule has 0 aliphatic carbocycles. The summed E-state index contributed by atoms with van der Waals surface area (Å²) >= 11 is 0. The molecule has 0 unspecified atom stereocenters. The van der Waals surface area contributed by atoms with Crippen LogP contribution < -0.4 is 10.5 Å². The average molecular weight is 209 g/mol. The molecular weight excluding hydrogens is 190 g/mol. The highest BCUT2D eigenvalue weighted by Crippen LogP contribution is 2.26. The van der Waals surface area contributed by atoms with Gasteiger partial charge in [-0.25, -0.2) is 0 Å². The summed E-state index contributed by atoms with van der Waals surface area (Å²) < 4.78 is 5.65. The Labute approximate surface area is 90.9 Å². The molecule has 84 valence electrons. The first-order valence-electron chi connectivity index (χ1n) is 5.27. The maximum Gasteiger partial charge on any atom is 0.124 e. The molecule has 1 aromatic rings. The summed E-state index contributed by atoms with van der Waals surface area (Å²) in [6.45, 7) is 4.06. The highest BCUT2D eigenvalue weighted by Gasteiger charge is 2.11. The molecular formula is C12H19NO2. The largest absolute Gasteiger partial charge is 0.491 e. The van der Waals surface area contributed by atoms with Gasteiger partial charge in [0.1, 0.15) is 5.75 Å². The molecule has 1 rings (SSSR count). The van der Waals surface area contributed by atoms with Crippen molar-refractivity contribution in [3.63, 3.8) is 0 Å². The minimum Gasteiger partial charge on any atom is -0.491 e. The van der Waals surface area contributed by atoms with E-state index >= 15 is 0 Å². The Morgan fingerprint density at radius 2 is 2.00 bits per heavy atom. The predicted molar refractivity (Wildman–Crippen MR) is 60.8 cm³/mol. The first kappa shape index (κ1) is 12.0. The fraction of sp³-hybridized carbons (Fsp3) is 0.500. The van der Waals surface area contributed by atoms with Crippen LogP contribution in [0.3, 0.4) is 0 Å². The fourth-order valence-corrected chi connectivity index (χ4v) is 1.44. The van der Waals surface area contributed by atoms with Crippen molar-refractivity contribution in [2.24, 2.45) is 5.73 Å². The molecule has 0 aliphatic heterocycles. The van der Waals surface area contributed by atoms with Crippen LogP contribution in [-0.2, 0) is 0 Å². The molecule has 1 atom stereocenters. The number of aliphatic hydroxyl groups excluding tert-OH is 1. The van der Waals surface area contributed by atoms with Crippen LogP contribution >= 0.6 is 0 Å². The van der Waals surface area contributed by atoms with Gasteiger partial charge in [-0.3, -0.25) is 0 Å². The highest BCUT2D eigenvalue weighted by molar-refractivity contribution is 5.35. The molecule has 3 nitrogen and oxygen atoms in total. The Kier molecular flexibility index (Phi) is 4.59. The van der Waals surface area contributed by atoms with Crippen LogP contribution in [0.25, 0.3) is 0 Å². The van der Waals surface area contributed by atoms with Gasteiger partial charge in [0.2, 0.25) is 0 Å². The Hall–Kier alpha value is -1.06. The molecule has 0 heterocycles. The van der Waals surface area contributed by atoms with Gasteiger partial charge >= 0.3 is 0 Å². The van der Waals surface area contributed by atoms with Crippen molar-refractivity contribution in [3.05, 3.63) is 29.8 Å². The molecule has 0 bridgehead atoms. The zero-order chi connectivity index (χ0) is 11.3. The van der Waals surface area contributed by atoms with E-state index in [9.17, 15) is 0 Å². The standard InChI is InChI=1S/C12H19NO2/c1-9(2)15-12-6-4-3-5-10(12)11(13)7-8-14/h3-6,9,11,14H,7-8,13H2,1-2H3/t11-/m1/s1. The summed E-state index contributed by atoms with van der Waals surface area (Å²) in [7, 11) is 0. The normalized spacial score (nSPS) is 12.9. The van der Waals surface area contributed by atoms with E-state index in [2.05, 4.69) is 0 Å². The molecule has 0 saturated carbocycles. The second kappa shape index (κ2) is 5.73. The van der Waals surface area contributed by atoms with Crippen LogP contribution in [-0.4, -0.2) is 17.8 Å². The summed E-state index contributed by atoms with van der Waals surface area (Å²) in [5, 5.41) is 8.85. The van der Waals surface area contributed by atoms with Crippen molar-refractivity contribution < 1.29 is 9.84 Å². The van der Waals surface area contributed by atoms with Gasteiger partial charge in [-0.15, -0.1) is 0 Å². The fourth-order valence-electron chi connectivity index (χ4n) is 1.44. The van der Waals surface area contributed by atoms with E-state index in [0.717, 1.165) is 11.3 Å².